The Kier molecular flexibility index (Phi) is 6.74. The average molecular weight is 377 g/mol. The fourth-order valence-electron chi connectivity index (χ4n) is 3.96. The Morgan fingerprint density at radius 3 is 2.32 bits per heavy atom. The molecule has 3 nitrogen and oxygen atoms in total. The number of likely N-dealkylation sites (tertiary alicyclic amines) is 1. The van der Waals surface area contributed by atoms with Gasteiger partial charge in [0.05, 0.1) is 6.42 Å². The van der Waals surface area contributed by atoms with Crippen LogP contribution >= 0.6 is 12.4 Å². The molecule has 1 amide bonds. The van der Waals surface area contributed by atoms with Gasteiger partial charge in [0.1, 0.15) is 0 Å². The van der Waals surface area contributed by atoms with E-state index in [1.165, 1.54) is 0 Å². The first-order valence-corrected chi connectivity index (χ1v) is 8.61. The summed E-state index contributed by atoms with van der Waals surface area (Å²) in [5.41, 5.74) is 0.506. The number of halogens is 4. The first kappa shape index (κ1) is 20.0. The van der Waals surface area contributed by atoms with E-state index in [2.05, 4.69) is 5.32 Å². The van der Waals surface area contributed by atoms with Crippen LogP contribution in [0.1, 0.15) is 37.7 Å². The van der Waals surface area contributed by atoms with Gasteiger partial charge in [-0.1, -0.05) is 0 Å². The molecule has 0 aromatic heterocycles. The quantitative estimate of drug-likeness (QED) is 0.802. The molecule has 1 N–H and O–H groups in total. The second-order valence-corrected chi connectivity index (χ2v) is 7.03. The molecule has 140 valence electrons. The fourth-order valence-corrected chi connectivity index (χ4v) is 3.96. The Balaban J connectivity index is 0.00000225. The summed E-state index contributed by atoms with van der Waals surface area (Å²) in [5, 5.41) is 3.38. The molecular formula is C18H24ClF3N2O. The molecule has 1 aromatic carbocycles. The molecule has 1 spiro atoms. The van der Waals surface area contributed by atoms with Gasteiger partial charge in [-0.05, 0) is 68.3 Å². The summed E-state index contributed by atoms with van der Waals surface area (Å²) in [6, 6.07) is 1.81. The van der Waals surface area contributed by atoms with Crippen molar-refractivity contribution >= 4 is 18.3 Å². The Bertz CT molecular complexity index is 597. The Morgan fingerprint density at radius 2 is 1.68 bits per heavy atom. The molecule has 3 rings (SSSR count). The molecule has 0 bridgehead atoms. The molecule has 2 aliphatic heterocycles. The lowest BCUT2D eigenvalue weighted by molar-refractivity contribution is -0.130. The zero-order chi connectivity index (χ0) is 17.2. The summed E-state index contributed by atoms with van der Waals surface area (Å²) in [7, 11) is 0. The van der Waals surface area contributed by atoms with Crippen molar-refractivity contribution in [3.8, 4) is 0 Å². The number of nitrogens with one attached hydrogen (secondary N) is 1. The Morgan fingerprint density at radius 1 is 1.04 bits per heavy atom. The molecule has 2 heterocycles. The lowest BCUT2D eigenvalue weighted by Crippen LogP contribution is -2.38. The summed E-state index contributed by atoms with van der Waals surface area (Å²) < 4.78 is 39.6. The van der Waals surface area contributed by atoms with Crippen LogP contribution in [-0.4, -0.2) is 37.0 Å². The van der Waals surface area contributed by atoms with E-state index in [9.17, 15) is 18.0 Å². The van der Waals surface area contributed by atoms with E-state index >= 15 is 0 Å². The van der Waals surface area contributed by atoms with Crippen LogP contribution in [0.4, 0.5) is 13.2 Å². The third-order valence-electron chi connectivity index (χ3n) is 5.46. The number of hydrogen-bond donors (Lipinski definition) is 1. The van der Waals surface area contributed by atoms with E-state index in [-0.39, 0.29) is 30.3 Å². The van der Waals surface area contributed by atoms with Crippen LogP contribution in [0.15, 0.2) is 12.1 Å². The van der Waals surface area contributed by atoms with Crippen molar-refractivity contribution in [2.24, 2.45) is 5.41 Å². The van der Waals surface area contributed by atoms with E-state index in [0.717, 1.165) is 57.3 Å². The molecule has 25 heavy (non-hydrogen) atoms. The van der Waals surface area contributed by atoms with Crippen molar-refractivity contribution in [2.45, 2.75) is 38.5 Å². The monoisotopic (exact) mass is 376 g/mol. The minimum absolute atomic E-state index is 0. The van der Waals surface area contributed by atoms with Gasteiger partial charge < -0.3 is 10.2 Å². The zero-order valence-corrected chi connectivity index (χ0v) is 14.9. The first-order valence-electron chi connectivity index (χ1n) is 8.61. The second-order valence-electron chi connectivity index (χ2n) is 7.03. The van der Waals surface area contributed by atoms with Crippen LogP contribution in [0.5, 0.6) is 0 Å². The van der Waals surface area contributed by atoms with Crippen LogP contribution in [0.2, 0.25) is 0 Å². The van der Waals surface area contributed by atoms with E-state index in [1.54, 1.807) is 4.90 Å². The van der Waals surface area contributed by atoms with Gasteiger partial charge in [0.25, 0.3) is 0 Å². The lowest BCUT2D eigenvalue weighted by atomic mass is 9.73. The van der Waals surface area contributed by atoms with Crippen molar-refractivity contribution in [2.75, 3.05) is 26.2 Å². The summed E-state index contributed by atoms with van der Waals surface area (Å²) >= 11 is 0. The Hall–Kier alpha value is -1.27. The van der Waals surface area contributed by atoms with Crippen LogP contribution in [0.3, 0.4) is 0 Å². The highest BCUT2D eigenvalue weighted by molar-refractivity contribution is 5.85. The van der Waals surface area contributed by atoms with E-state index < -0.39 is 17.5 Å². The van der Waals surface area contributed by atoms with Gasteiger partial charge in [0.15, 0.2) is 17.5 Å². The number of benzene rings is 1. The first-order chi connectivity index (χ1) is 11.5. The number of rotatable bonds is 2. The summed E-state index contributed by atoms with van der Waals surface area (Å²) in [5.74, 6) is -4.13. The summed E-state index contributed by atoms with van der Waals surface area (Å²) in [4.78, 5) is 14.3. The predicted octanol–water partition coefficient (Wildman–Crippen LogP) is 3.45. The molecular weight excluding hydrogens is 353 g/mol. The normalized spacial score (nSPS) is 20.0. The van der Waals surface area contributed by atoms with E-state index in [4.69, 9.17) is 0 Å². The number of nitrogens with zero attached hydrogens (tertiary/aromatic N) is 1. The molecule has 0 aliphatic carbocycles. The maximum Gasteiger partial charge on any atom is 0.226 e. The highest BCUT2D eigenvalue weighted by Crippen LogP contribution is 2.39. The highest BCUT2D eigenvalue weighted by Gasteiger charge is 2.34. The van der Waals surface area contributed by atoms with Gasteiger partial charge in [-0.15, -0.1) is 12.4 Å². The molecule has 2 fully saturated rings. The van der Waals surface area contributed by atoms with Gasteiger partial charge in [-0.2, -0.15) is 0 Å². The van der Waals surface area contributed by atoms with Gasteiger partial charge >= 0.3 is 0 Å². The van der Waals surface area contributed by atoms with Crippen molar-refractivity contribution in [1.82, 2.24) is 10.2 Å². The number of piperidine rings is 1. The van der Waals surface area contributed by atoms with Crippen LogP contribution in [0.25, 0.3) is 0 Å². The molecule has 7 heteroatoms. The maximum absolute atomic E-state index is 13.3. The van der Waals surface area contributed by atoms with Crippen molar-refractivity contribution in [1.29, 1.82) is 0 Å². The average Bonchev–Trinajstić information content (AvgIpc) is 2.76. The van der Waals surface area contributed by atoms with Gasteiger partial charge in [-0.3, -0.25) is 4.79 Å². The largest absolute Gasteiger partial charge is 0.342 e. The standard InChI is InChI=1S/C18H23F3N2O.ClH/c19-14-10-13(11-15(20)17(14)21)12-16(24)23-8-1-2-18(5-9-23)3-6-22-7-4-18;/h10-11,22H,1-9,12H2;1H. The topological polar surface area (TPSA) is 32.3 Å². The highest BCUT2D eigenvalue weighted by atomic mass is 35.5. The maximum atomic E-state index is 13.3. The number of carbonyl (C=O) groups excluding carboxylic acids is 1. The van der Waals surface area contributed by atoms with Crippen molar-refractivity contribution in [3.05, 3.63) is 35.1 Å². The number of amides is 1. The molecule has 1 aromatic rings. The fraction of sp³-hybridized carbons (Fsp3) is 0.611. The second kappa shape index (κ2) is 8.41. The minimum Gasteiger partial charge on any atom is -0.342 e. The molecule has 0 saturated carbocycles. The minimum atomic E-state index is -1.49. The molecule has 2 aliphatic rings. The lowest BCUT2D eigenvalue weighted by Gasteiger charge is -2.37. The third kappa shape index (κ3) is 4.67. The summed E-state index contributed by atoms with van der Waals surface area (Å²) in [6.07, 6.45) is 5.25. The molecule has 0 radical (unpaired) electrons. The van der Waals surface area contributed by atoms with Gasteiger partial charge in [0.2, 0.25) is 5.91 Å². The smallest absolute Gasteiger partial charge is 0.226 e. The molecule has 2 saturated heterocycles. The SMILES string of the molecule is Cl.O=C(Cc1cc(F)c(F)c(F)c1)N1CCCC2(CCNCC2)CC1. The van der Waals surface area contributed by atoms with Crippen LogP contribution < -0.4 is 5.32 Å². The van der Waals surface area contributed by atoms with Crippen LogP contribution in [-0.2, 0) is 11.2 Å². The van der Waals surface area contributed by atoms with Gasteiger partial charge in [-0.25, -0.2) is 13.2 Å². The predicted molar refractivity (Wildman–Crippen MR) is 92.2 cm³/mol. The number of hydrogen-bond acceptors (Lipinski definition) is 2. The van der Waals surface area contributed by atoms with Crippen LogP contribution in [0, 0.1) is 22.9 Å². The van der Waals surface area contributed by atoms with E-state index in [0.29, 0.717) is 18.5 Å². The number of carbonyl (C=O) groups is 1. The third-order valence-corrected chi connectivity index (χ3v) is 5.46. The summed E-state index contributed by atoms with van der Waals surface area (Å²) in [6.45, 7) is 3.43. The molecule has 0 unspecified atom stereocenters. The zero-order valence-electron chi connectivity index (χ0n) is 14.1. The van der Waals surface area contributed by atoms with E-state index in [1.807, 2.05) is 0 Å². The van der Waals surface area contributed by atoms with Crippen molar-refractivity contribution in [3.63, 3.8) is 0 Å². The van der Waals surface area contributed by atoms with Gasteiger partial charge in [0, 0.05) is 13.1 Å². The Labute approximate surface area is 152 Å². The van der Waals surface area contributed by atoms with Crippen molar-refractivity contribution < 1.29 is 18.0 Å². The molecule has 0 atom stereocenters.